The lowest BCUT2D eigenvalue weighted by Crippen LogP contribution is -2.37. The number of hydrogen-bond acceptors (Lipinski definition) is 5. The van der Waals surface area contributed by atoms with E-state index in [1.165, 1.54) is 17.8 Å². The number of carboxylic acids is 1. The van der Waals surface area contributed by atoms with Crippen LogP contribution in [-0.4, -0.2) is 42.1 Å². The average Bonchev–Trinajstić information content (AvgIpc) is 2.98. The number of carbonyl (C=O) groups is 3. The van der Waals surface area contributed by atoms with E-state index >= 15 is 0 Å². The molecule has 154 valence electrons. The molecule has 1 fully saturated rings. The summed E-state index contributed by atoms with van der Waals surface area (Å²) in [6, 6.07) is 0.196. The highest BCUT2D eigenvalue weighted by atomic mass is 32.1. The van der Waals surface area contributed by atoms with Gasteiger partial charge in [-0.05, 0) is 43.6 Å². The molecule has 0 saturated heterocycles. The molecule has 3 N–H and O–H groups in total. The van der Waals surface area contributed by atoms with Crippen molar-refractivity contribution in [1.82, 2.24) is 5.32 Å². The molecule has 0 unspecified atom stereocenters. The lowest BCUT2D eigenvalue weighted by molar-refractivity contribution is -0.143. The van der Waals surface area contributed by atoms with Crippen molar-refractivity contribution in [3.63, 3.8) is 0 Å². The Kier molecular flexibility index (Phi) is 7.07. The summed E-state index contributed by atoms with van der Waals surface area (Å²) in [5.41, 5.74) is 1.64. The summed E-state index contributed by atoms with van der Waals surface area (Å²) in [6.45, 7) is 1.32. The summed E-state index contributed by atoms with van der Waals surface area (Å²) in [6.07, 6.45) is 8.27. The molecule has 0 aliphatic heterocycles. The van der Waals surface area contributed by atoms with Crippen molar-refractivity contribution in [2.75, 3.05) is 18.5 Å². The second-order valence-electron chi connectivity index (χ2n) is 7.80. The molecule has 0 radical (unpaired) electrons. The average molecular weight is 409 g/mol. The first kappa shape index (κ1) is 20.8. The molecule has 1 atom stereocenters. The first-order chi connectivity index (χ1) is 13.4. The summed E-state index contributed by atoms with van der Waals surface area (Å²) in [7, 11) is 0. The first-order valence-corrected chi connectivity index (χ1v) is 10.8. The van der Waals surface area contributed by atoms with E-state index < -0.39 is 18.5 Å². The maximum Gasteiger partial charge on any atom is 0.329 e. The number of nitrogens with one attached hydrogen (secondary N) is 2. The number of amides is 2. The second-order valence-corrected chi connectivity index (χ2v) is 8.90. The van der Waals surface area contributed by atoms with Crippen molar-refractivity contribution in [2.45, 2.75) is 64.3 Å². The molecule has 28 heavy (non-hydrogen) atoms. The molecule has 0 spiro atoms. The van der Waals surface area contributed by atoms with Gasteiger partial charge in [-0.15, -0.1) is 11.3 Å². The minimum atomic E-state index is -1.12. The van der Waals surface area contributed by atoms with Gasteiger partial charge in [0.25, 0.3) is 11.8 Å². The van der Waals surface area contributed by atoms with Crippen LogP contribution in [0.25, 0.3) is 0 Å². The van der Waals surface area contributed by atoms with E-state index in [-0.39, 0.29) is 18.6 Å². The van der Waals surface area contributed by atoms with Crippen LogP contribution in [0, 0.1) is 5.92 Å². The number of hydrogen-bond donors (Lipinski definition) is 3. The molecular formula is C20H28N2O5S. The number of fused-ring (bicyclic) bond motifs is 1. The monoisotopic (exact) mass is 408 g/mol. The maximum absolute atomic E-state index is 13.1. The number of carbonyl (C=O) groups excluding carboxylic acids is 2. The third-order valence-corrected chi connectivity index (χ3v) is 6.56. The SMILES string of the molecule is C[C@@H]1CCc2c(sc(NC(=O)COCC(=O)O)c2C(=O)NC2CCCCC2)C1. The Morgan fingerprint density at radius 3 is 2.61 bits per heavy atom. The van der Waals surface area contributed by atoms with Crippen LogP contribution < -0.4 is 10.6 Å². The van der Waals surface area contributed by atoms with Crippen LogP contribution in [0.4, 0.5) is 5.00 Å². The van der Waals surface area contributed by atoms with Crippen molar-refractivity contribution in [2.24, 2.45) is 5.92 Å². The standard InChI is InChI=1S/C20H28N2O5S/c1-12-7-8-14-15(9-12)28-20(22-16(23)10-27-11-17(24)25)18(14)19(26)21-13-5-3-2-4-6-13/h12-13H,2-11H2,1H3,(H,21,26)(H,22,23)(H,24,25)/t12-/m1/s1. The lowest BCUT2D eigenvalue weighted by atomic mass is 9.88. The molecule has 7 nitrogen and oxygen atoms in total. The number of aliphatic carboxylic acids is 1. The van der Waals surface area contributed by atoms with Gasteiger partial charge in [0.05, 0.1) is 5.56 Å². The lowest BCUT2D eigenvalue weighted by Gasteiger charge is -2.24. The number of carboxylic acid groups (broad SMARTS) is 1. The summed E-state index contributed by atoms with van der Waals surface area (Å²) in [5, 5.41) is 15.1. The van der Waals surface area contributed by atoms with Crippen molar-refractivity contribution in [1.29, 1.82) is 0 Å². The van der Waals surface area contributed by atoms with Gasteiger partial charge in [0.15, 0.2) is 0 Å². The number of rotatable bonds is 7. The zero-order chi connectivity index (χ0) is 20.1. The maximum atomic E-state index is 13.1. The molecule has 8 heteroatoms. The molecule has 2 aliphatic carbocycles. The fourth-order valence-electron chi connectivity index (χ4n) is 3.98. The van der Waals surface area contributed by atoms with Gasteiger partial charge >= 0.3 is 5.97 Å². The summed E-state index contributed by atoms with van der Waals surface area (Å²) in [5.74, 6) is -1.12. The number of ether oxygens (including phenoxy) is 1. The van der Waals surface area contributed by atoms with Crippen LogP contribution in [0.3, 0.4) is 0 Å². The van der Waals surface area contributed by atoms with Gasteiger partial charge in [0.1, 0.15) is 18.2 Å². The third kappa shape index (κ3) is 5.32. The Labute approximate surface area is 168 Å². The van der Waals surface area contributed by atoms with Crippen LogP contribution >= 0.6 is 11.3 Å². The third-order valence-electron chi connectivity index (χ3n) is 5.39. The molecule has 2 aliphatic rings. The normalized spacial score (nSPS) is 19.7. The molecule has 0 bridgehead atoms. The molecule has 1 saturated carbocycles. The van der Waals surface area contributed by atoms with E-state index in [0.717, 1.165) is 55.4 Å². The zero-order valence-electron chi connectivity index (χ0n) is 16.2. The van der Waals surface area contributed by atoms with Crippen LogP contribution in [0.15, 0.2) is 0 Å². The van der Waals surface area contributed by atoms with Gasteiger partial charge in [-0.3, -0.25) is 9.59 Å². The summed E-state index contributed by atoms with van der Waals surface area (Å²) < 4.78 is 4.86. The van der Waals surface area contributed by atoms with Crippen LogP contribution in [-0.2, 0) is 27.2 Å². The van der Waals surface area contributed by atoms with Crippen molar-refractivity contribution < 1.29 is 24.2 Å². The smallest absolute Gasteiger partial charge is 0.329 e. The molecule has 1 heterocycles. The van der Waals surface area contributed by atoms with Crippen molar-refractivity contribution in [3.8, 4) is 0 Å². The van der Waals surface area contributed by atoms with E-state index in [9.17, 15) is 14.4 Å². The Bertz CT molecular complexity index is 739. The highest BCUT2D eigenvalue weighted by molar-refractivity contribution is 7.17. The molecule has 3 rings (SSSR count). The Morgan fingerprint density at radius 1 is 1.14 bits per heavy atom. The highest BCUT2D eigenvalue weighted by Gasteiger charge is 2.29. The van der Waals surface area contributed by atoms with Crippen LogP contribution in [0.1, 0.15) is 66.2 Å². The topological polar surface area (TPSA) is 105 Å². The van der Waals surface area contributed by atoms with Gasteiger partial charge in [-0.25, -0.2) is 4.79 Å². The fourth-order valence-corrected chi connectivity index (χ4v) is 5.40. The Hall–Kier alpha value is -1.93. The molecule has 0 aromatic carbocycles. The van der Waals surface area contributed by atoms with Gasteiger partial charge in [0.2, 0.25) is 0 Å². The first-order valence-electron chi connectivity index (χ1n) is 9.98. The molecule has 2 amide bonds. The largest absolute Gasteiger partial charge is 0.480 e. The second kappa shape index (κ2) is 9.52. The van der Waals surface area contributed by atoms with Gasteiger partial charge < -0.3 is 20.5 Å². The van der Waals surface area contributed by atoms with E-state index in [1.807, 2.05) is 0 Å². The Morgan fingerprint density at radius 2 is 1.89 bits per heavy atom. The zero-order valence-corrected chi connectivity index (χ0v) is 17.0. The van der Waals surface area contributed by atoms with Gasteiger partial charge in [-0.2, -0.15) is 0 Å². The van der Waals surface area contributed by atoms with E-state index in [0.29, 0.717) is 16.5 Å². The number of thiophene rings is 1. The minimum Gasteiger partial charge on any atom is -0.480 e. The van der Waals surface area contributed by atoms with Gasteiger partial charge in [-0.1, -0.05) is 26.2 Å². The van der Waals surface area contributed by atoms with E-state index in [2.05, 4.69) is 17.6 Å². The predicted molar refractivity (Wildman–Crippen MR) is 107 cm³/mol. The molecule has 1 aromatic rings. The summed E-state index contributed by atoms with van der Waals surface area (Å²) >= 11 is 1.46. The van der Waals surface area contributed by atoms with Crippen LogP contribution in [0.2, 0.25) is 0 Å². The predicted octanol–water partition coefficient (Wildman–Crippen LogP) is 2.98. The summed E-state index contributed by atoms with van der Waals surface area (Å²) in [4.78, 5) is 36.9. The molecular weight excluding hydrogens is 380 g/mol. The van der Waals surface area contributed by atoms with Crippen molar-refractivity contribution >= 4 is 34.1 Å². The number of anilines is 1. The molecule has 1 aromatic heterocycles. The van der Waals surface area contributed by atoms with Crippen LogP contribution in [0.5, 0.6) is 0 Å². The fraction of sp³-hybridized carbons (Fsp3) is 0.650. The van der Waals surface area contributed by atoms with Crippen molar-refractivity contribution in [3.05, 3.63) is 16.0 Å². The van der Waals surface area contributed by atoms with E-state index in [1.54, 1.807) is 0 Å². The van der Waals surface area contributed by atoms with Gasteiger partial charge in [0, 0.05) is 10.9 Å². The minimum absolute atomic E-state index is 0.110. The van der Waals surface area contributed by atoms with E-state index in [4.69, 9.17) is 9.84 Å². The Balaban J connectivity index is 1.75. The quantitative estimate of drug-likeness (QED) is 0.643. The highest BCUT2D eigenvalue weighted by Crippen LogP contribution is 2.39.